The van der Waals surface area contributed by atoms with E-state index in [1.807, 2.05) is 38.1 Å². The number of benzene rings is 5. The van der Waals surface area contributed by atoms with Gasteiger partial charge >= 0.3 is 36.2 Å². The second-order valence-electron chi connectivity index (χ2n) is 18.7. The van der Waals surface area contributed by atoms with Crippen LogP contribution in [0, 0.1) is 0 Å². The lowest BCUT2D eigenvalue weighted by Gasteiger charge is -2.15. The molecule has 0 aliphatic rings. The van der Waals surface area contributed by atoms with E-state index in [-0.39, 0.29) is 59.1 Å². The largest absolute Gasteiger partial charge is 0.493 e. The van der Waals surface area contributed by atoms with Crippen LogP contribution in [0.15, 0.2) is 106 Å². The predicted octanol–water partition coefficient (Wildman–Crippen LogP) is 10.8. The molecule has 0 fully saturated rings. The molecule has 5 aromatic carbocycles. The standard InChI is InChI=1S/C27H31F3N2O6.C27H29F3N2O6.C6H8Si/c2*1-4-6-19-22(11-9-20-25(19)38-32-26(20)27(28,29)30)37-14-5-13-31-21-10-7-17(16-24(34)36-3)15-18(21)8-12-23(33)35-2;7-6-4-2-1-3-5-6/h7,9-11,15,31H,4-6,8,12-14,16H2,1-3H3;7-12,15,31H,4-6,13-14,16H2,1-3H3;1-5H,7H3/b;12-8+;. The summed E-state index contributed by atoms with van der Waals surface area (Å²) < 4.78 is 120. The van der Waals surface area contributed by atoms with Gasteiger partial charge in [0.15, 0.2) is 22.6 Å². The van der Waals surface area contributed by atoms with Gasteiger partial charge in [0.05, 0.1) is 65.3 Å². The fraction of sp³-hybridized carbons (Fsp3) is 0.367. The number of hydrogen-bond donors (Lipinski definition) is 2. The zero-order valence-corrected chi connectivity index (χ0v) is 49.3. The molecule has 0 aliphatic heterocycles. The Hall–Kier alpha value is -8.34. The Labute approximate surface area is 479 Å². The molecular formula is C60H68F6N4O12Si. The van der Waals surface area contributed by atoms with Crippen LogP contribution >= 0.6 is 0 Å². The summed E-state index contributed by atoms with van der Waals surface area (Å²) in [5.74, 6) is -0.671. The Bertz CT molecular complexity index is 3270. The molecule has 0 saturated heterocycles. The third-order valence-corrected chi connectivity index (χ3v) is 13.2. The van der Waals surface area contributed by atoms with Crippen LogP contribution in [0.1, 0.15) is 90.7 Å². The fourth-order valence-electron chi connectivity index (χ4n) is 8.42. The lowest BCUT2D eigenvalue weighted by atomic mass is 10.0. The molecule has 0 radical (unpaired) electrons. The maximum Gasteiger partial charge on any atom is 0.437 e. The zero-order valence-electron chi connectivity index (χ0n) is 47.3. The highest BCUT2D eigenvalue weighted by atomic mass is 28.1. The third-order valence-electron chi connectivity index (χ3n) is 12.5. The van der Waals surface area contributed by atoms with E-state index in [4.69, 9.17) is 32.7 Å². The van der Waals surface area contributed by atoms with Gasteiger partial charge in [-0.1, -0.05) is 90.7 Å². The fourth-order valence-corrected chi connectivity index (χ4v) is 8.81. The number of hydrogen-bond acceptors (Lipinski definition) is 16. The smallest absolute Gasteiger partial charge is 0.437 e. The lowest BCUT2D eigenvalue weighted by Crippen LogP contribution is -2.11. The molecule has 83 heavy (non-hydrogen) atoms. The molecule has 0 amide bonds. The zero-order chi connectivity index (χ0) is 60.5. The number of methoxy groups -OCH3 is 4. The number of nitrogens with zero attached hydrogens (tertiary/aromatic N) is 2. The first-order valence-corrected chi connectivity index (χ1v) is 27.7. The molecule has 7 aromatic rings. The summed E-state index contributed by atoms with van der Waals surface area (Å²) in [6, 6.07) is 27.0. The Morgan fingerprint density at radius 2 is 1.07 bits per heavy atom. The number of esters is 4. The molecule has 2 aromatic heterocycles. The highest BCUT2D eigenvalue weighted by Gasteiger charge is 2.39. The van der Waals surface area contributed by atoms with Crippen LogP contribution in [-0.4, -0.2) is 99.2 Å². The first-order valence-electron chi connectivity index (χ1n) is 26.7. The summed E-state index contributed by atoms with van der Waals surface area (Å²) in [4.78, 5) is 46.5. The number of aromatic nitrogens is 2. The van der Waals surface area contributed by atoms with E-state index in [9.17, 15) is 45.5 Å². The molecule has 0 unspecified atom stereocenters. The molecule has 446 valence electrons. The number of rotatable bonds is 25. The van der Waals surface area contributed by atoms with Gasteiger partial charge in [-0.15, -0.1) is 0 Å². The summed E-state index contributed by atoms with van der Waals surface area (Å²) in [5, 5.41) is 14.4. The van der Waals surface area contributed by atoms with Crippen molar-refractivity contribution in [3.8, 4) is 11.5 Å². The topological polar surface area (TPSA) is 200 Å². The van der Waals surface area contributed by atoms with E-state index in [0.717, 1.165) is 28.1 Å². The van der Waals surface area contributed by atoms with Crippen LogP contribution in [0.2, 0.25) is 0 Å². The van der Waals surface area contributed by atoms with Crippen molar-refractivity contribution in [2.75, 3.05) is 65.4 Å². The summed E-state index contributed by atoms with van der Waals surface area (Å²) in [6.07, 6.45) is -2.01. The van der Waals surface area contributed by atoms with Gasteiger partial charge < -0.3 is 48.1 Å². The number of alkyl halides is 6. The van der Waals surface area contributed by atoms with Crippen molar-refractivity contribution in [2.45, 2.75) is 90.4 Å². The molecule has 16 nitrogen and oxygen atoms in total. The van der Waals surface area contributed by atoms with Gasteiger partial charge in [-0.05, 0) is 103 Å². The number of ether oxygens (including phenoxy) is 6. The van der Waals surface area contributed by atoms with Crippen molar-refractivity contribution < 1.29 is 83.0 Å². The average molecular weight is 1180 g/mol. The van der Waals surface area contributed by atoms with Gasteiger partial charge in [-0.3, -0.25) is 14.4 Å². The minimum absolute atomic E-state index is 0.0786. The van der Waals surface area contributed by atoms with Crippen molar-refractivity contribution in [1.82, 2.24) is 10.3 Å². The number of anilines is 2. The summed E-state index contributed by atoms with van der Waals surface area (Å²) in [6.45, 7) is 5.48. The SMILES string of the molecule is CCCc1c(OCCCNc2ccc(CC(=O)OC)cc2/C=C/C(=O)OC)ccc2c(C(F)(F)F)noc12.CCCc1c(OCCCNc2ccc(CC(=O)OC)cc2CCC(=O)OC)ccc2c(C(F)(F)F)noc12.[SiH3]c1ccccc1. The molecule has 0 atom stereocenters. The normalized spacial score (nSPS) is 11.3. The van der Waals surface area contributed by atoms with Gasteiger partial charge in [0.1, 0.15) is 11.5 Å². The second-order valence-corrected chi connectivity index (χ2v) is 19.8. The summed E-state index contributed by atoms with van der Waals surface area (Å²) >= 11 is 0. The number of fused-ring (bicyclic) bond motifs is 2. The van der Waals surface area contributed by atoms with E-state index >= 15 is 0 Å². The molecule has 0 bridgehead atoms. The monoisotopic (exact) mass is 1180 g/mol. The van der Waals surface area contributed by atoms with Gasteiger partial charge in [-0.25, -0.2) is 4.79 Å². The average Bonchev–Trinajstić information content (AvgIpc) is 4.37. The molecule has 2 N–H and O–H groups in total. The van der Waals surface area contributed by atoms with Crippen LogP contribution < -0.4 is 25.3 Å². The van der Waals surface area contributed by atoms with E-state index in [1.165, 1.54) is 74.2 Å². The van der Waals surface area contributed by atoms with E-state index in [1.54, 1.807) is 24.3 Å². The molecule has 0 aliphatic carbocycles. The van der Waals surface area contributed by atoms with E-state index in [2.05, 4.69) is 49.9 Å². The van der Waals surface area contributed by atoms with Crippen LogP contribution in [0.5, 0.6) is 11.5 Å². The minimum atomic E-state index is -4.61. The van der Waals surface area contributed by atoms with Crippen LogP contribution in [0.4, 0.5) is 37.7 Å². The molecule has 0 saturated carbocycles. The summed E-state index contributed by atoms with van der Waals surface area (Å²) in [7, 11) is 6.42. The van der Waals surface area contributed by atoms with Crippen LogP contribution in [-0.2, 0) is 82.6 Å². The van der Waals surface area contributed by atoms with Gasteiger partial charge in [0.25, 0.3) is 0 Å². The summed E-state index contributed by atoms with van der Waals surface area (Å²) in [5.41, 5.74) is 3.78. The highest BCUT2D eigenvalue weighted by Crippen LogP contribution is 2.40. The number of carbonyl (C=O) groups is 4. The van der Waals surface area contributed by atoms with E-state index < -0.39 is 29.7 Å². The third kappa shape index (κ3) is 20.0. The predicted molar refractivity (Wildman–Crippen MR) is 305 cm³/mol. The second kappa shape index (κ2) is 32.3. The molecule has 23 heteroatoms. The first kappa shape index (κ1) is 65.5. The van der Waals surface area contributed by atoms with Gasteiger partial charge in [-0.2, -0.15) is 26.3 Å². The van der Waals surface area contributed by atoms with Crippen LogP contribution in [0.25, 0.3) is 28.0 Å². The maximum absolute atomic E-state index is 13.2. The number of carbonyl (C=O) groups excluding carboxylic acids is 4. The number of nitrogens with one attached hydrogen (secondary N) is 2. The molecule has 0 spiro atoms. The van der Waals surface area contributed by atoms with Crippen LogP contribution in [0.3, 0.4) is 0 Å². The molecule has 2 heterocycles. The highest BCUT2D eigenvalue weighted by molar-refractivity contribution is 6.32. The van der Waals surface area contributed by atoms with Crippen molar-refractivity contribution >= 4 is 78.7 Å². The number of aryl methyl sites for hydroxylation is 3. The van der Waals surface area contributed by atoms with Crippen molar-refractivity contribution in [2.24, 2.45) is 0 Å². The maximum atomic E-state index is 13.2. The Balaban J connectivity index is 0.000000271. The van der Waals surface area contributed by atoms with Gasteiger partial charge in [0, 0.05) is 58.3 Å². The quantitative estimate of drug-likeness (QED) is 0.0137. The van der Waals surface area contributed by atoms with Crippen molar-refractivity contribution in [3.05, 3.63) is 142 Å². The Morgan fingerprint density at radius 3 is 1.52 bits per heavy atom. The Morgan fingerprint density at radius 1 is 0.590 bits per heavy atom. The Kier molecular flexibility index (Phi) is 25.5. The van der Waals surface area contributed by atoms with Gasteiger partial charge in [0.2, 0.25) is 0 Å². The molecular weight excluding hydrogens is 1110 g/mol. The lowest BCUT2D eigenvalue weighted by molar-refractivity contribution is -0.142. The minimum Gasteiger partial charge on any atom is -0.493 e. The molecule has 7 rings (SSSR count). The van der Waals surface area contributed by atoms with Crippen molar-refractivity contribution in [1.29, 1.82) is 0 Å². The first-order chi connectivity index (χ1) is 39.7. The van der Waals surface area contributed by atoms with Crippen molar-refractivity contribution in [3.63, 3.8) is 0 Å². The van der Waals surface area contributed by atoms with E-state index in [0.29, 0.717) is 99.4 Å². The number of halogens is 6.